The molecule has 0 aromatic rings. The second-order valence-corrected chi connectivity index (χ2v) is 5.18. The van der Waals surface area contributed by atoms with Crippen LogP contribution in [-0.2, 0) is 19.1 Å². The van der Waals surface area contributed by atoms with E-state index in [1.807, 2.05) is 0 Å². The Morgan fingerprint density at radius 2 is 2.11 bits per heavy atom. The van der Waals surface area contributed by atoms with Crippen LogP contribution in [0, 0.1) is 5.92 Å². The number of nitrogens with one attached hydrogen (secondary N) is 1. The normalized spacial score (nSPS) is 31.1. The van der Waals surface area contributed by atoms with Gasteiger partial charge in [0.15, 0.2) is 0 Å². The van der Waals surface area contributed by atoms with Crippen LogP contribution in [0.3, 0.4) is 0 Å². The van der Waals surface area contributed by atoms with E-state index in [-0.39, 0.29) is 25.2 Å². The average molecular weight is 271 g/mol. The van der Waals surface area contributed by atoms with Crippen molar-refractivity contribution < 1.29 is 24.2 Å². The number of carbonyl (C=O) groups is 2. The predicted molar refractivity (Wildman–Crippen MR) is 66.7 cm³/mol. The van der Waals surface area contributed by atoms with Crippen LogP contribution < -0.4 is 5.32 Å². The Kier molecular flexibility index (Phi) is 5.15. The van der Waals surface area contributed by atoms with E-state index in [1.54, 1.807) is 0 Å². The van der Waals surface area contributed by atoms with Crippen molar-refractivity contribution in [3.05, 3.63) is 0 Å². The third-order valence-corrected chi connectivity index (χ3v) is 3.71. The minimum Gasteiger partial charge on any atom is -0.481 e. The van der Waals surface area contributed by atoms with Gasteiger partial charge in [-0.25, -0.2) is 0 Å². The molecule has 3 atom stereocenters. The highest BCUT2D eigenvalue weighted by Crippen LogP contribution is 2.18. The third kappa shape index (κ3) is 4.18. The van der Waals surface area contributed by atoms with E-state index in [9.17, 15) is 9.59 Å². The van der Waals surface area contributed by atoms with Gasteiger partial charge in [-0.1, -0.05) is 0 Å². The van der Waals surface area contributed by atoms with Crippen LogP contribution in [0.1, 0.15) is 32.1 Å². The molecule has 0 aromatic heterocycles. The van der Waals surface area contributed by atoms with Crippen molar-refractivity contribution in [2.45, 2.75) is 44.2 Å². The molecule has 0 aromatic carbocycles. The standard InChI is InChI=1S/C13H21NO5/c15-12(5-4-9-3-1-2-6-19-9)14-11-8-18-7-10(11)13(16)17/h9-11H,1-8H2,(H,14,15)(H,16,17). The van der Waals surface area contributed by atoms with E-state index in [2.05, 4.69) is 5.32 Å². The minimum atomic E-state index is -0.918. The fraction of sp³-hybridized carbons (Fsp3) is 0.846. The number of carbonyl (C=O) groups excluding carboxylic acids is 1. The molecular weight excluding hydrogens is 250 g/mol. The van der Waals surface area contributed by atoms with Crippen molar-refractivity contribution >= 4 is 11.9 Å². The van der Waals surface area contributed by atoms with E-state index >= 15 is 0 Å². The predicted octanol–water partition coefficient (Wildman–Crippen LogP) is 0.552. The Hall–Kier alpha value is -1.14. The zero-order valence-electron chi connectivity index (χ0n) is 11.0. The van der Waals surface area contributed by atoms with Crippen molar-refractivity contribution in [2.75, 3.05) is 19.8 Å². The summed E-state index contributed by atoms with van der Waals surface area (Å²) in [6.45, 7) is 1.23. The molecule has 19 heavy (non-hydrogen) atoms. The molecule has 108 valence electrons. The molecule has 6 nitrogen and oxygen atoms in total. The molecule has 2 fully saturated rings. The van der Waals surface area contributed by atoms with Gasteiger partial charge in [-0.2, -0.15) is 0 Å². The van der Waals surface area contributed by atoms with Crippen LogP contribution in [0.4, 0.5) is 0 Å². The number of ether oxygens (including phenoxy) is 2. The van der Waals surface area contributed by atoms with Gasteiger partial charge in [0.2, 0.25) is 5.91 Å². The summed E-state index contributed by atoms with van der Waals surface area (Å²) in [5.41, 5.74) is 0. The van der Waals surface area contributed by atoms with Crippen LogP contribution in [0.15, 0.2) is 0 Å². The molecule has 0 radical (unpaired) electrons. The van der Waals surface area contributed by atoms with Crippen LogP contribution >= 0.6 is 0 Å². The van der Waals surface area contributed by atoms with Crippen LogP contribution in [0.5, 0.6) is 0 Å². The first kappa shape index (κ1) is 14.3. The number of rotatable bonds is 5. The lowest BCUT2D eigenvalue weighted by Gasteiger charge is -2.22. The summed E-state index contributed by atoms with van der Waals surface area (Å²) in [6.07, 6.45) is 4.53. The Balaban J connectivity index is 1.70. The molecule has 3 unspecified atom stereocenters. The molecule has 0 spiro atoms. The van der Waals surface area contributed by atoms with Gasteiger partial charge in [0.25, 0.3) is 0 Å². The van der Waals surface area contributed by atoms with Gasteiger partial charge < -0.3 is 19.9 Å². The van der Waals surface area contributed by atoms with Crippen LogP contribution in [-0.4, -0.2) is 48.9 Å². The molecule has 2 aliphatic heterocycles. The number of amides is 1. The molecule has 0 aliphatic carbocycles. The zero-order chi connectivity index (χ0) is 13.7. The summed E-state index contributed by atoms with van der Waals surface area (Å²) >= 11 is 0. The maximum atomic E-state index is 11.8. The van der Waals surface area contributed by atoms with E-state index in [4.69, 9.17) is 14.6 Å². The molecule has 2 rings (SSSR count). The van der Waals surface area contributed by atoms with Gasteiger partial charge in [-0.3, -0.25) is 9.59 Å². The summed E-state index contributed by atoms with van der Waals surface area (Å²) in [7, 11) is 0. The fourth-order valence-electron chi connectivity index (χ4n) is 2.55. The Morgan fingerprint density at radius 1 is 1.26 bits per heavy atom. The van der Waals surface area contributed by atoms with Gasteiger partial charge in [0.05, 0.1) is 25.4 Å². The van der Waals surface area contributed by atoms with Crippen molar-refractivity contribution in [1.29, 1.82) is 0 Å². The van der Waals surface area contributed by atoms with Gasteiger partial charge in [-0.15, -0.1) is 0 Å². The van der Waals surface area contributed by atoms with Crippen LogP contribution in [0.25, 0.3) is 0 Å². The summed E-state index contributed by atoms with van der Waals surface area (Å²) < 4.78 is 10.7. The molecular formula is C13H21NO5. The lowest BCUT2D eigenvalue weighted by atomic mass is 10.0. The smallest absolute Gasteiger partial charge is 0.311 e. The Morgan fingerprint density at radius 3 is 2.79 bits per heavy atom. The lowest BCUT2D eigenvalue weighted by Crippen LogP contribution is -2.42. The van der Waals surface area contributed by atoms with Crippen molar-refractivity contribution in [3.8, 4) is 0 Å². The average Bonchev–Trinajstić information content (AvgIpc) is 2.86. The monoisotopic (exact) mass is 271 g/mol. The largest absolute Gasteiger partial charge is 0.481 e. The molecule has 6 heteroatoms. The highest BCUT2D eigenvalue weighted by molar-refractivity contribution is 5.78. The zero-order valence-corrected chi connectivity index (χ0v) is 11.0. The Bertz CT molecular complexity index is 327. The fourth-order valence-corrected chi connectivity index (χ4v) is 2.55. The van der Waals surface area contributed by atoms with E-state index in [0.29, 0.717) is 12.8 Å². The number of hydrogen-bond acceptors (Lipinski definition) is 4. The van der Waals surface area contributed by atoms with Gasteiger partial charge in [0, 0.05) is 13.0 Å². The van der Waals surface area contributed by atoms with E-state index in [1.165, 1.54) is 0 Å². The topological polar surface area (TPSA) is 84.9 Å². The number of carboxylic acid groups (broad SMARTS) is 1. The second kappa shape index (κ2) is 6.86. The maximum Gasteiger partial charge on any atom is 0.311 e. The van der Waals surface area contributed by atoms with Gasteiger partial charge >= 0.3 is 5.97 Å². The lowest BCUT2D eigenvalue weighted by molar-refractivity contribution is -0.142. The first-order chi connectivity index (χ1) is 9.16. The van der Waals surface area contributed by atoms with Crippen molar-refractivity contribution in [2.24, 2.45) is 5.92 Å². The number of hydrogen-bond donors (Lipinski definition) is 2. The maximum absolute atomic E-state index is 11.8. The molecule has 2 saturated heterocycles. The van der Waals surface area contributed by atoms with Crippen molar-refractivity contribution in [3.63, 3.8) is 0 Å². The highest BCUT2D eigenvalue weighted by atomic mass is 16.5. The van der Waals surface area contributed by atoms with E-state index in [0.717, 1.165) is 25.9 Å². The van der Waals surface area contributed by atoms with Crippen LogP contribution in [0.2, 0.25) is 0 Å². The van der Waals surface area contributed by atoms with Gasteiger partial charge in [-0.05, 0) is 25.7 Å². The third-order valence-electron chi connectivity index (χ3n) is 3.71. The molecule has 2 N–H and O–H groups in total. The SMILES string of the molecule is O=C(CCC1CCCCO1)NC1COCC1C(=O)O. The first-order valence-electron chi connectivity index (χ1n) is 6.88. The molecule has 1 amide bonds. The molecule has 2 aliphatic rings. The molecule has 0 saturated carbocycles. The summed E-state index contributed by atoms with van der Waals surface area (Å²) in [4.78, 5) is 22.7. The van der Waals surface area contributed by atoms with E-state index < -0.39 is 17.9 Å². The second-order valence-electron chi connectivity index (χ2n) is 5.18. The first-order valence-corrected chi connectivity index (χ1v) is 6.88. The Labute approximate surface area is 112 Å². The summed E-state index contributed by atoms with van der Waals surface area (Å²) in [6, 6.07) is -0.405. The van der Waals surface area contributed by atoms with Crippen molar-refractivity contribution in [1.82, 2.24) is 5.32 Å². The number of carboxylic acids is 1. The number of aliphatic carboxylic acids is 1. The summed E-state index contributed by atoms with van der Waals surface area (Å²) in [5, 5.41) is 11.7. The summed E-state index contributed by atoms with van der Waals surface area (Å²) in [5.74, 6) is -1.66. The molecule has 2 heterocycles. The quantitative estimate of drug-likeness (QED) is 0.763. The molecule has 0 bridgehead atoms. The van der Waals surface area contributed by atoms with Gasteiger partial charge in [0.1, 0.15) is 5.92 Å². The highest BCUT2D eigenvalue weighted by Gasteiger charge is 2.34. The minimum absolute atomic E-state index is 0.115.